The molecule has 0 aromatic carbocycles. The molecule has 0 saturated carbocycles. The molecule has 25 heavy (non-hydrogen) atoms. The van der Waals surface area contributed by atoms with Gasteiger partial charge in [-0.3, -0.25) is 9.69 Å². The highest BCUT2D eigenvalue weighted by atomic mass is 16.2. The molecule has 2 aromatic rings. The molecule has 1 aliphatic rings. The second kappa shape index (κ2) is 7.09. The van der Waals surface area contributed by atoms with Crippen molar-refractivity contribution in [3.8, 4) is 0 Å². The van der Waals surface area contributed by atoms with Crippen molar-refractivity contribution in [2.24, 2.45) is 5.92 Å². The molecule has 3 heterocycles. The quantitative estimate of drug-likeness (QED) is 0.824. The van der Waals surface area contributed by atoms with E-state index in [0.29, 0.717) is 0 Å². The standard InChI is InChI=1S/C18H28N6O/c1-13-8-14(2)24-17(20-13)15(9-19-24)11-23-7-6-22(5)10-16(12-23)18(25)21(3)4/h8-9,16H,6-7,10-12H2,1-5H3/t16-/m0/s1. The summed E-state index contributed by atoms with van der Waals surface area (Å²) < 4.78 is 1.90. The first-order chi connectivity index (χ1) is 11.8. The number of aromatic nitrogens is 3. The largest absolute Gasteiger partial charge is 0.348 e. The van der Waals surface area contributed by atoms with E-state index in [1.54, 1.807) is 4.90 Å². The fraction of sp³-hybridized carbons (Fsp3) is 0.611. The van der Waals surface area contributed by atoms with Gasteiger partial charge in [-0.15, -0.1) is 0 Å². The molecule has 0 unspecified atom stereocenters. The normalized spacial score (nSPS) is 20.0. The fourth-order valence-corrected chi connectivity index (χ4v) is 3.57. The van der Waals surface area contributed by atoms with Crippen LogP contribution >= 0.6 is 0 Å². The van der Waals surface area contributed by atoms with E-state index in [4.69, 9.17) is 0 Å². The molecule has 1 fully saturated rings. The molecule has 0 spiro atoms. The Morgan fingerprint density at radius 1 is 1.28 bits per heavy atom. The van der Waals surface area contributed by atoms with Gasteiger partial charge in [-0.05, 0) is 27.0 Å². The second-order valence-electron chi connectivity index (χ2n) is 7.37. The summed E-state index contributed by atoms with van der Waals surface area (Å²) in [5.74, 6) is 0.198. The summed E-state index contributed by atoms with van der Waals surface area (Å²) in [6.07, 6.45) is 1.91. The van der Waals surface area contributed by atoms with Crippen molar-refractivity contribution in [3.63, 3.8) is 0 Å². The van der Waals surface area contributed by atoms with Crippen LogP contribution in [-0.2, 0) is 11.3 Å². The number of carbonyl (C=O) groups excluding carboxylic acids is 1. The average Bonchev–Trinajstić information content (AvgIpc) is 2.84. The third-order valence-electron chi connectivity index (χ3n) is 4.84. The number of fused-ring (bicyclic) bond motifs is 1. The molecule has 7 heteroatoms. The van der Waals surface area contributed by atoms with Crippen LogP contribution in [0.5, 0.6) is 0 Å². The summed E-state index contributed by atoms with van der Waals surface area (Å²) in [4.78, 5) is 23.5. The molecule has 0 bridgehead atoms. The van der Waals surface area contributed by atoms with Crippen LogP contribution in [-0.4, -0.2) is 82.5 Å². The second-order valence-corrected chi connectivity index (χ2v) is 7.37. The monoisotopic (exact) mass is 344 g/mol. The van der Waals surface area contributed by atoms with E-state index in [0.717, 1.165) is 55.3 Å². The Kier molecular flexibility index (Phi) is 5.06. The first-order valence-corrected chi connectivity index (χ1v) is 8.78. The number of amides is 1. The van der Waals surface area contributed by atoms with E-state index in [1.807, 2.05) is 44.7 Å². The first-order valence-electron chi connectivity index (χ1n) is 8.78. The lowest BCUT2D eigenvalue weighted by Gasteiger charge is -2.25. The van der Waals surface area contributed by atoms with E-state index < -0.39 is 0 Å². The zero-order valence-electron chi connectivity index (χ0n) is 15.9. The Morgan fingerprint density at radius 3 is 2.76 bits per heavy atom. The highest BCUT2D eigenvalue weighted by Crippen LogP contribution is 2.17. The van der Waals surface area contributed by atoms with Crippen LogP contribution in [0.3, 0.4) is 0 Å². The van der Waals surface area contributed by atoms with Gasteiger partial charge in [-0.1, -0.05) is 0 Å². The van der Waals surface area contributed by atoms with Gasteiger partial charge in [0.25, 0.3) is 0 Å². The van der Waals surface area contributed by atoms with Crippen molar-refractivity contribution in [2.45, 2.75) is 20.4 Å². The lowest BCUT2D eigenvalue weighted by molar-refractivity contribution is -0.133. The van der Waals surface area contributed by atoms with Crippen molar-refractivity contribution in [3.05, 3.63) is 29.2 Å². The van der Waals surface area contributed by atoms with Gasteiger partial charge < -0.3 is 9.80 Å². The zero-order valence-corrected chi connectivity index (χ0v) is 15.9. The van der Waals surface area contributed by atoms with Crippen molar-refractivity contribution in [1.29, 1.82) is 0 Å². The van der Waals surface area contributed by atoms with Gasteiger partial charge in [0.2, 0.25) is 5.91 Å². The summed E-state index contributed by atoms with van der Waals surface area (Å²) >= 11 is 0. The van der Waals surface area contributed by atoms with E-state index in [-0.39, 0.29) is 11.8 Å². The third kappa shape index (κ3) is 3.82. The number of hydrogen-bond acceptors (Lipinski definition) is 5. The molecular formula is C18H28N6O. The maximum Gasteiger partial charge on any atom is 0.227 e. The van der Waals surface area contributed by atoms with Crippen LogP contribution in [0, 0.1) is 19.8 Å². The number of rotatable bonds is 3. The topological polar surface area (TPSA) is 57.0 Å². The average molecular weight is 344 g/mol. The van der Waals surface area contributed by atoms with Crippen LogP contribution in [0.1, 0.15) is 17.0 Å². The summed E-state index contributed by atoms with van der Waals surface area (Å²) in [6, 6.07) is 2.04. The SMILES string of the molecule is Cc1cc(C)n2ncc(CN3CCN(C)C[C@H](C(=O)N(C)C)C3)c2n1. The van der Waals surface area contributed by atoms with E-state index in [1.165, 1.54) is 0 Å². The third-order valence-corrected chi connectivity index (χ3v) is 4.84. The Morgan fingerprint density at radius 2 is 2.04 bits per heavy atom. The van der Waals surface area contributed by atoms with Crippen molar-refractivity contribution in [2.75, 3.05) is 47.3 Å². The molecule has 2 aromatic heterocycles. The predicted octanol–water partition coefficient (Wildman–Crippen LogP) is 0.798. The number of hydrogen-bond donors (Lipinski definition) is 0. The lowest BCUT2D eigenvalue weighted by atomic mass is 10.1. The molecule has 0 N–H and O–H groups in total. The molecule has 1 atom stereocenters. The Bertz CT molecular complexity index is 768. The highest BCUT2D eigenvalue weighted by molar-refractivity contribution is 5.78. The Hall–Kier alpha value is -1.99. The highest BCUT2D eigenvalue weighted by Gasteiger charge is 2.28. The molecule has 7 nitrogen and oxygen atoms in total. The van der Waals surface area contributed by atoms with Crippen molar-refractivity contribution in [1.82, 2.24) is 29.3 Å². The van der Waals surface area contributed by atoms with Crippen LogP contribution in [0.2, 0.25) is 0 Å². The summed E-state index contributed by atoms with van der Waals surface area (Å²) in [6.45, 7) is 8.30. The van der Waals surface area contributed by atoms with Gasteiger partial charge >= 0.3 is 0 Å². The van der Waals surface area contributed by atoms with Crippen molar-refractivity contribution >= 4 is 11.6 Å². The molecule has 1 amide bonds. The maximum atomic E-state index is 12.5. The van der Waals surface area contributed by atoms with Gasteiger partial charge in [0.15, 0.2) is 5.65 Å². The summed E-state index contributed by atoms with van der Waals surface area (Å²) in [7, 11) is 5.75. The molecule has 136 valence electrons. The maximum absolute atomic E-state index is 12.5. The number of likely N-dealkylation sites (N-methyl/N-ethyl adjacent to an activating group) is 1. The lowest BCUT2D eigenvalue weighted by Crippen LogP contribution is -2.40. The molecule has 3 rings (SSSR count). The fourth-order valence-electron chi connectivity index (χ4n) is 3.57. The molecule has 0 aliphatic carbocycles. The van der Waals surface area contributed by atoms with Gasteiger partial charge in [0.1, 0.15) is 0 Å². The summed E-state index contributed by atoms with van der Waals surface area (Å²) in [5.41, 5.74) is 4.13. The molecule has 1 saturated heterocycles. The van der Waals surface area contributed by atoms with Gasteiger partial charge in [-0.2, -0.15) is 5.10 Å². The van der Waals surface area contributed by atoms with Crippen LogP contribution in [0.4, 0.5) is 0 Å². The Labute approximate surface area is 149 Å². The predicted molar refractivity (Wildman–Crippen MR) is 97.4 cm³/mol. The smallest absolute Gasteiger partial charge is 0.227 e. The van der Waals surface area contributed by atoms with Gasteiger partial charge in [-0.25, -0.2) is 9.50 Å². The molecular weight excluding hydrogens is 316 g/mol. The molecule has 0 radical (unpaired) electrons. The summed E-state index contributed by atoms with van der Waals surface area (Å²) in [5, 5.41) is 4.49. The number of nitrogens with zero attached hydrogens (tertiary/aromatic N) is 6. The number of carbonyl (C=O) groups is 1. The number of aryl methyl sites for hydroxylation is 2. The van der Waals surface area contributed by atoms with E-state index in [2.05, 4.69) is 26.9 Å². The Balaban J connectivity index is 1.83. The van der Waals surface area contributed by atoms with Crippen molar-refractivity contribution < 1.29 is 4.79 Å². The minimum atomic E-state index is 0.000713. The van der Waals surface area contributed by atoms with E-state index >= 15 is 0 Å². The van der Waals surface area contributed by atoms with Gasteiger partial charge in [0.05, 0.1) is 12.1 Å². The van der Waals surface area contributed by atoms with Crippen LogP contribution < -0.4 is 0 Å². The van der Waals surface area contributed by atoms with Crippen LogP contribution in [0.15, 0.2) is 12.3 Å². The zero-order chi connectivity index (χ0) is 18.1. The first kappa shape index (κ1) is 17.8. The van der Waals surface area contributed by atoms with Crippen LogP contribution in [0.25, 0.3) is 5.65 Å². The van der Waals surface area contributed by atoms with Gasteiger partial charge in [0, 0.05) is 63.8 Å². The van der Waals surface area contributed by atoms with E-state index in [9.17, 15) is 4.79 Å². The molecule has 1 aliphatic heterocycles. The minimum absolute atomic E-state index is 0.000713. The minimum Gasteiger partial charge on any atom is -0.348 e.